The van der Waals surface area contributed by atoms with Gasteiger partial charge in [-0.15, -0.1) is 0 Å². The number of carbonyl (C=O) groups is 1. The van der Waals surface area contributed by atoms with E-state index in [1.807, 2.05) is 27.7 Å². The van der Waals surface area contributed by atoms with Crippen LogP contribution in [0.2, 0.25) is 0 Å². The Hall–Kier alpha value is -2.54. The van der Waals surface area contributed by atoms with E-state index in [0.717, 1.165) is 0 Å². The number of benzene rings is 2. The van der Waals surface area contributed by atoms with Gasteiger partial charge in [0.05, 0.1) is 16.7 Å². The summed E-state index contributed by atoms with van der Waals surface area (Å²) in [5.41, 5.74) is 0.694. The first-order valence-electron chi connectivity index (χ1n) is 8.96. The summed E-state index contributed by atoms with van der Waals surface area (Å²) >= 11 is 0. The highest BCUT2D eigenvalue weighted by Crippen LogP contribution is 2.27. The van der Waals surface area contributed by atoms with Crippen LogP contribution in [0, 0.1) is 0 Å². The molecule has 0 saturated carbocycles. The third kappa shape index (κ3) is 5.23. The van der Waals surface area contributed by atoms with Crippen molar-refractivity contribution in [3.05, 3.63) is 54.1 Å². The summed E-state index contributed by atoms with van der Waals surface area (Å²) in [6, 6.07) is 12.9. The zero-order chi connectivity index (χ0) is 20.0. The Labute approximate surface area is 161 Å². The summed E-state index contributed by atoms with van der Waals surface area (Å²) in [4.78, 5) is 14.2. The second kappa shape index (κ2) is 8.90. The van der Waals surface area contributed by atoms with E-state index in [2.05, 4.69) is 4.72 Å². The number of sulfonamides is 1. The van der Waals surface area contributed by atoms with Crippen LogP contribution < -0.4 is 9.46 Å². The number of amides is 1. The summed E-state index contributed by atoms with van der Waals surface area (Å²) in [7, 11) is -3.87. The SMILES string of the molecule is CCN(CC)C(=O)c1cccc(S(=O)(=O)Nc2ccccc2OC(C)C)c1. The van der Waals surface area contributed by atoms with Crippen LogP contribution in [-0.4, -0.2) is 38.4 Å². The van der Waals surface area contributed by atoms with Crippen molar-refractivity contribution in [3.8, 4) is 5.75 Å². The maximum Gasteiger partial charge on any atom is 0.262 e. The van der Waals surface area contributed by atoms with Crippen LogP contribution in [0.25, 0.3) is 0 Å². The van der Waals surface area contributed by atoms with Gasteiger partial charge in [-0.25, -0.2) is 8.42 Å². The average Bonchev–Trinajstić information content (AvgIpc) is 2.64. The second-order valence-electron chi connectivity index (χ2n) is 6.27. The van der Waals surface area contributed by atoms with Crippen molar-refractivity contribution < 1.29 is 17.9 Å². The van der Waals surface area contributed by atoms with Crippen LogP contribution in [0.4, 0.5) is 5.69 Å². The maximum absolute atomic E-state index is 12.8. The fourth-order valence-corrected chi connectivity index (χ4v) is 3.72. The van der Waals surface area contributed by atoms with Crippen LogP contribution in [0.15, 0.2) is 53.4 Å². The van der Waals surface area contributed by atoms with E-state index in [1.54, 1.807) is 41.3 Å². The smallest absolute Gasteiger partial charge is 0.262 e. The van der Waals surface area contributed by atoms with Gasteiger partial charge in [-0.3, -0.25) is 9.52 Å². The molecule has 0 saturated heterocycles. The lowest BCUT2D eigenvalue weighted by atomic mass is 10.2. The normalized spacial score (nSPS) is 11.3. The molecule has 1 N–H and O–H groups in total. The molecule has 0 fully saturated rings. The molecule has 6 nitrogen and oxygen atoms in total. The molecule has 2 aromatic rings. The van der Waals surface area contributed by atoms with E-state index in [4.69, 9.17) is 4.74 Å². The summed E-state index contributed by atoms with van der Waals surface area (Å²) in [5, 5.41) is 0. The van der Waals surface area contributed by atoms with Gasteiger partial charge in [0.2, 0.25) is 0 Å². The number of anilines is 1. The molecule has 2 rings (SSSR count). The molecule has 0 atom stereocenters. The van der Waals surface area contributed by atoms with Gasteiger partial charge in [-0.2, -0.15) is 0 Å². The van der Waals surface area contributed by atoms with Crippen molar-refractivity contribution in [2.75, 3.05) is 17.8 Å². The number of carbonyl (C=O) groups excluding carboxylic acids is 1. The molecule has 2 aromatic carbocycles. The van der Waals surface area contributed by atoms with Crippen LogP contribution in [0.3, 0.4) is 0 Å². The Kier molecular flexibility index (Phi) is 6.85. The minimum atomic E-state index is -3.87. The van der Waals surface area contributed by atoms with Crippen molar-refractivity contribution in [2.24, 2.45) is 0 Å². The highest BCUT2D eigenvalue weighted by Gasteiger charge is 2.20. The molecule has 1 amide bonds. The van der Waals surface area contributed by atoms with Gasteiger partial charge in [0.1, 0.15) is 5.75 Å². The minimum Gasteiger partial charge on any atom is -0.489 e. The van der Waals surface area contributed by atoms with Gasteiger partial charge < -0.3 is 9.64 Å². The zero-order valence-corrected chi connectivity index (χ0v) is 16.9. The van der Waals surface area contributed by atoms with E-state index in [1.165, 1.54) is 12.1 Å². The standard InChI is InChI=1S/C20H26N2O4S/c1-5-22(6-2)20(23)16-10-9-11-17(14-16)27(24,25)21-18-12-7-8-13-19(18)26-15(3)4/h7-15,21H,5-6H2,1-4H3. The molecule has 146 valence electrons. The molecule has 7 heteroatoms. The molecule has 0 heterocycles. The summed E-state index contributed by atoms with van der Waals surface area (Å²) in [5.74, 6) is 0.257. The van der Waals surface area contributed by atoms with Gasteiger partial charge >= 0.3 is 0 Å². The Morgan fingerprint density at radius 1 is 1.07 bits per heavy atom. The van der Waals surface area contributed by atoms with Crippen molar-refractivity contribution in [1.82, 2.24) is 4.90 Å². The summed E-state index contributed by atoms with van der Waals surface area (Å²) < 4.78 is 33.9. The van der Waals surface area contributed by atoms with Crippen LogP contribution in [-0.2, 0) is 10.0 Å². The largest absolute Gasteiger partial charge is 0.489 e. The average molecular weight is 391 g/mol. The van der Waals surface area contributed by atoms with Crippen molar-refractivity contribution in [1.29, 1.82) is 0 Å². The molecular formula is C20H26N2O4S. The lowest BCUT2D eigenvalue weighted by Gasteiger charge is -2.19. The van der Waals surface area contributed by atoms with Crippen LogP contribution in [0.5, 0.6) is 5.75 Å². The van der Waals surface area contributed by atoms with Gasteiger partial charge in [0.25, 0.3) is 15.9 Å². The predicted molar refractivity (Wildman–Crippen MR) is 107 cm³/mol. The molecule has 0 radical (unpaired) electrons. The third-order valence-electron chi connectivity index (χ3n) is 3.94. The summed E-state index contributed by atoms with van der Waals surface area (Å²) in [6.07, 6.45) is -0.0920. The molecule has 0 aliphatic rings. The van der Waals surface area contributed by atoms with Crippen LogP contribution >= 0.6 is 0 Å². The lowest BCUT2D eigenvalue weighted by Crippen LogP contribution is -2.30. The molecular weight excluding hydrogens is 364 g/mol. The number of para-hydroxylation sites is 2. The molecule has 27 heavy (non-hydrogen) atoms. The molecule has 0 unspecified atom stereocenters. The highest BCUT2D eigenvalue weighted by atomic mass is 32.2. The summed E-state index contributed by atoms with van der Waals surface area (Å²) in [6.45, 7) is 8.63. The maximum atomic E-state index is 12.8. The van der Waals surface area contributed by atoms with Gasteiger partial charge in [-0.1, -0.05) is 18.2 Å². The molecule has 0 aliphatic carbocycles. The number of ether oxygens (including phenoxy) is 1. The van der Waals surface area contributed by atoms with E-state index < -0.39 is 10.0 Å². The number of hydrogen-bond donors (Lipinski definition) is 1. The number of rotatable bonds is 8. The topological polar surface area (TPSA) is 75.7 Å². The first-order chi connectivity index (χ1) is 12.8. The number of nitrogens with one attached hydrogen (secondary N) is 1. The first-order valence-corrected chi connectivity index (χ1v) is 10.4. The van der Waals surface area contributed by atoms with E-state index in [-0.39, 0.29) is 16.9 Å². The zero-order valence-electron chi connectivity index (χ0n) is 16.1. The fourth-order valence-electron chi connectivity index (χ4n) is 2.60. The van der Waals surface area contributed by atoms with E-state index in [0.29, 0.717) is 30.1 Å². The number of hydrogen-bond acceptors (Lipinski definition) is 4. The quantitative estimate of drug-likeness (QED) is 0.745. The lowest BCUT2D eigenvalue weighted by molar-refractivity contribution is 0.0772. The highest BCUT2D eigenvalue weighted by molar-refractivity contribution is 7.92. The Balaban J connectivity index is 2.33. The Morgan fingerprint density at radius 3 is 2.37 bits per heavy atom. The minimum absolute atomic E-state index is 0.0276. The van der Waals surface area contributed by atoms with Crippen LogP contribution in [0.1, 0.15) is 38.1 Å². The van der Waals surface area contributed by atoms with Crippen molar-refractivity contribution in [3.63, 3.8) is 0 Å². The monoisotopic (exact) mass is 390 g/mol. The molecule has 0 bridgehead atoms. The Bertz CT molecular complexity index is 890. The predicted octanol–water partition coefficient (Wildman–Crippen LogP) is 3.76. The first kappa shape index (κ1) is 20.8. The fraction of sp³-hybridized carbons (Fsp3) is 0.350. The van der Waals surface area contributed by atoms with Gasteiger partial charge in [0, 0.05) is 18.7 Å². The van der Waals surface area contributed by atoms with E-state index in [9.17, 15) is 13.2 Å². The van der Waals surface area contributed by atoms with Gasteiger partial charge in [-0.05, 0) is 58.0 Å². The Morgan fingerprint density at radius 2 is 1.74 bits per heavy atom. The van der Waals surface area contributed by atoms with Crippen molar-refractivity contribution in [2.45, 2.75) is 38.7 Å². The number of nitrogens with zero attached hydrogens (tertiary/aromatic N) is 1. The molecule has 0 aliphatic heterocycles. The molecule has 0 spiro atoms. The molecule has 0 aromatic heterocycles. The van der Waals surface area contributed by atoms with Crippen molar-refractivity contribution >= 4 is 21.6 Å². The van der Waals surface area contributed by atoms with Gasteiger partial charge in [0.15, 0.2) is 0 Å². The second-order valence-corrected chi connectivity index (χ2v) is 7.96. The van der Waals surface area contributed by atoms with E-state index >= 15 is 0 Å². The third-order valence-corrected chi connectivity index (χ3v) is 5.30.